The molecule has 0 aliphatic carbocycles. The molecule has 0 amide bonds. The zero-order valence-corrected chi connectivity index (χ0v) is 8.35. The van der Waals surface area contributed by atoms with E-state index in [1.165, 1.54) is 11.8 Å². The van der Waals surface area contributed by atoms with Crippen molar-refractivity contribution in [2.45, 2.75) is 25.0 Å². The Kier molecular flexibility index (Phi) is 6.33. The summed E-state index contributed by atoms with van der Waals surface area (Å²) in [5, 5.41) is 0.928. The molecule has 60 valence electrons. The summed E-state index contributed by atoms with van der Waals surface area (Å²) in [6.07, 6.45) is 5.66. The molecule has 1 unspecified atom stereocenters. The van der Waals surface area contributed by atoms with Crippen LogP contribution in [0.2, 0.25) is 0 Å². The molecule has 0 heterocycles. The van der Waals surface area contributed by atoms with Crippen molar-refractivity contribution in [2.75, 3.05) is 12.5 Å². The summed E-state index contributed by atoms with van der Waals surface area (Å²) in [5.41, 5.74) is 0. The minimum absolute atomic E-state index is 0.306. The number of hydrogen-bond donors (Lipinski definition) is 0. The molecule has 1 atom stereocenters. The van der Waals surface area contributed by atoms with Crippen molar-refractivity contribution < 1.29 is 4.79 Å². The summed E-state index contributed by atoms with van der Waals surface area (Å²) in [4.78, 5) is 10.8. The predicted molar refractivity (Wildman–Crippen MR) is 50.7 cm³/mol. The number of rotatable bonds is 4. The largest absolute Gasteiger partial charge is 0.287 e. The minimum Gasteiger partial charge on any atom is -0.287 e. The van der Waals surface area contributed by atoms with Crippen LogP contribution in [0.4, 0.5) is 0 Å². The zero-order valence-electron chi connectivity index (χ0n) is 6.72. The van der Waals surface area contributed by atoms with Crippen LogP contribution in [0.15, 0.2) is 0 Å². The maximum Gasteiger partial charge on any atom is 0.188 e. The molecule has 3 heteroatoms. The van der Waals surface area contributed by atoms with Crippen molar-refractivity contribution in [2.24, 2.45) is 0 Å². The Hall–Kier alpha value is 0.370. The second-order valence-electron chi connectivity index (χ2n) is 2.16. The first-order chi connectivity index (χ1) is 4.70. The molecule has 10 heavy (non-hydrogen) atoms. The topological polar surface area (TPSA) is 17.1 Å². The molecule has 0 N–H and O–H groups in total. The lowest BCUT2D eigenvalue weighted by atomic mass is 10.3. The molecule has 0 saturated carbocycles. The summed E-state index contributed by atoms with van der Waals surface area (Å²) in [6.45, 7) is 2.15. The molecule has 0 aromatic heterocycles. The highest BCUT2D eigenvalue weighted by Crippen LogP contribution is 2.13. The molecule has 0 bridgehead atoms. The Bertz CT molecular complexity index is 104. The molecular weight excluding hydrogens is 164 g/mol. The average molecular weight is 178 g/mol. The minimum atomic E-state index is 0.306. The molecule has 0 aromatic rings. The highest BCUT2D eigenvalue weighted by atomic mass is 32.2. The molecule has 0 aromatic carbocycles. The van der Waals surface area contributed by atoms with E-state index < -0.39 is 0 Å². The molecule has 1 nitrogen and oxygen atoms in total. The van der Waals surface area contributed by atoms with Crippen LogP contribution in [0.1, 0.15) is 19.8 Å². The van der Waals surface area contributed by atoms with E-state index in [9.17, 15) is 4.79 Å². The van der Waals surface area contributed by atoms with Gasteiger partial charge in [0.2, 0.25) is 0 Å². The standard InChI is InChI=1S/C7H14OS2/c1-6(9-2)4-5-7(8)10-3/h6H,4-5H2,1-3H3. The van der Waals surface area contributed by atoms with Crippen molar-refractivity contribution in [1.82, 2.24) is 0 Å². The maximum atomic E-state index is 10.8. The van der Waals surface area contributed by atoms with Gasteiger partial charge in [-0.05, 0) is 18.9 Å². The van der Waals surface area contributed by atoms with Crippen molar-refractivity contribution in [1.29, 1.82) is 0 Å². The van der Waals surface area contributed by atoms with Gasteiger partial charge in [0.05, 0.1) is 0 Å². The summed E-state index contributed by atoms with van der Waals surface area (Å²) in [5.74, 6) is 0. The lowest BCUT2D eigenvalue weighted by molar-refractivity contribution is -0.111. The van der Waals surface area contributed by atoms with Gasteiger partial charge in [-0.2, -0.15) is 11.8 Å². The van der Waals surface area contributed by atoms with Crippen LogP contribution < -0.4 is 0 Å². The van der Waals surface area contributed by atoms with E-state index in [0.717, 1.165) is 12.8 Å². The van der Waals surface area contributed by atoms with Crippen molar-refractivity contribution in [3.05, 3.63) is 0 Å². The Morgan fingerprint density at radius 2 is 2.10 bits per heavy atom. The van der Waals surface area contributed by atoms with Gasteiger partial charge in [0.15, 0.2) is 5.12 Å². The van der Waals surface area contributed by atoms with Gasteiger partial charge in [0, 0.05) is 11.7 Å². The lowest BCUT2D eigenvalue weighted by Crippen LogP contribution is -1.99. The number of carbonyl (C=O) groups excluding carboxylic acids is 1. The van der Waals surface area contributed by atoms with E-state index in [1.54, 1.807) is 0 Å². The Morgan fingerprint density at radius 3 is 2.50 bits per heavy atom. The van der Waals surface area contributed by atoms with E-state index in [4.69, 9.17) is 0 Å². The molecule has 0 aliphatic heterocycles. The molecule has 0 fully saturated rings. The second kappa shape index (κ2) is 6.10. The van der Waals surface area contributed by atoms with Gasteiger partial charge in [-0.25, -0.2) is 0 Å². The van der Waals surface area contributed by atoms with Crippen LogP contribution in [0.25, 0.3) is 0 Å². The fourth-order valence-electron chi connectivity index (χ4n) is 0.541. The van der Waals surface area contributed by atoms with E-state index in [-0.39, 0.29) is 0 Å². The number of thioether (sulfide) groups is 2. The summed E-state index contributed by atoms with van der Waals surface area (Å²) < 4.78 is 0. The van der Waals surface area contributed by atoms with Crippen molar-refractivity contribution in [3.8, 4) is 0 Å². The third kappa shape index (κ3) is 5.18. The van der Waals surface area contributed by atoms with Crippen molar-refractivity contribution in [3.63, 3.8) is 0 Å². The normalized spacial score (nSPS) is 13.1. The fraction of sp³-hybridized carbons (Fsp3) is 0.857. The molecule has 0 radical (unpaired) electrons. The van der Waals surface area contributed by atoms with Gasteiger partial charge < -0.3 is 0 Å². The van der Waals surface area contributed by atoms with Crippen LogP contribution in [0, 0.1) is 0 Å². The van der Waals surface area contributed by atoms with Crippen LogP contribution in [-0.2, 0) is 4.79 Å². The number of carbonyl (C=O) groups is 1. The highest BCUT2D eigenvalue weighted by molar-refractivity contribution is 8.13. The lowest BCUT2D eigenvalue weighted by Gasteiger charge is -2.04. The molecular formula is C7H14OS2. The van der Waals surface area contributed by atoms with Crippen LogP contribution in [-0.4, -0.2) is 22.9 Å². The van der Waals surface area contributed by atoms with Crippen LogP contribution in [0.3, 0.4) is 0 Å². The smallest absolute Gasteiger partial charge is 0.188 e. The zero-order chi connectivity index (χ0) is 7.98. The third-order valence-corrected chi connectivity index (χ3v) is 3.08. The Balaban J connectivity index is 3.26. The quantitative estimate of drug-likeness (QED) is 0.658. The molecule has 0 spiro atoms. The SMILES string of the molecule is CSC(=O)CCC(C)SC. The fourth-order valence-corrected chi connectivity index (χ4v) is 1.22. The van der Waals surface area contributed by atoms with E-state index in [2.05, 4.69) is 13.2 Å². The summed E-state index contributed by atoms with van der Waals surface area (Å²) >= 11 is 3.14. The van der Waals surface area contributed by atoms with Gasteiger partial charge in [-0.1, -0.05) is 18.7 Å². The second-order valence-corrected chi connectivity index (χ2v) is 4.30. The first-order valence-corrected chi connectivity index (χ1v) is 5.81. The summed E-state index contributed by atoms with van der Waals surface area (Å²) in [7, 11) is 0. The Labute approximate surface area is 71.3 Å². The number of hydrogen-bond acceptors (Lipinski definition) is 3. The Morgan fingerprint density at radius 1 is 1.50 bits per heavy atom. The molecule has 0 rings (SSSR count). The first kappa shape index (κ1) is 10.4. The van der Waals surface area contributed by atoms with Gasteiger partial charge in [0.1, 0.15) is 0 Å². The van der Waals surface area contributed by atoms with Gasteiger partial charge in [-0.3, -0.25) is 4.79 Å². The average Bonchev–Trinajstić information content (AvgIpc) is 1.99. The predicted octanol–water partition coefficient (Wildman–Crippen LogP) is 2.41. The van der Waals surface area contributed by atoms with Crippen LogP contribution in [0.5, 0.6) is 0 Å². The van der Waals surface area contributed by atoms with E-state index in [0.29, 0.717) is 10.4 Å². The molecule has 0 saturated heterocycles. The monoisotopic (exact) mass is 178 g/mol. The van der Waals surface area contributed by atoms with Crippen molar-refractivity contribution >= 4 is 28.6 Å². The van der Waals surface area contributed by atoms with Crippen LogP contribution >= 0.6 is 23.5 Å². The summed E-state index contributed by atoms with van der Waals surface area (Å²) in [6, 6.07) is 0. The van der Waals surface area contributed by atoms with Gasteiger partial charge >= 0.3 is 0 Å². The maximum absolute atomic E-state index is 10.8. The molecule has 0 aliphatic rings. The van der Waals surface area contributed by atoms with E-state index >= 15 is 0 Å². The van der Waals surface area contributed by atoms with Gasteiger partial charge in [-0.15, -0.1) is 0 Å². The third-order valence-electron chi connectivity index (χ3n) is 1.39. The van der Waals surface area contributed by atoms with Gasteiger partial charge in [0.25, 0.3) is 0 Å². The highest BCUT2D eigenvalue weighted by Gasteiger charge is 2.03. The first-order valence-electron chi connectivity index (χ1n) is 3.30. The van der Waals surface area contributed by atoms with E-state index in [1.807, 2.05) is 18.0 Å².